The molecule has 0 unspecified atom stereocenters. The van der Waals surface area contributed by atoms with E-state index in [9.17, 15) is 23.4 Å². The third kappa shape index (κ3) is 5.44. The van der Waals surface area contributed by atoms with Crippen LogP contribution in [0.2, 0.25) is 0 Å². The SMILES string of the molecule is C[C@H](CCC(=O)NCCOS(=O)(=O)O)[C@@H]1CC[C@@H]2[C@H]3[C@H](O)C[C@H]4C[C@@H](O)CC[C@]4(C)[C@@H]3CC[C@]21C. The van der Waals surface area contributed by atoms with Crippen LogP contribution in [-0.2, 0) is 19.4 Å². The van der Waals surface area contributed by atoms with Gasteiger partial charge in [-0.3, -0.25) is 9.35 Å². The van der Waals surface area contributed by atoms with Crippen molar-refractivity contribution < 1.29 is 32.2 Å². The molecule has 4 aliphatic rings. The van der Waals surface area contributed by atoms with E-state index in [0.717, 1.165) is 51.4 Å². The molecule has 4 rings (SSSR count). The van der Waals surface area contributed by atoms with Gasteiger partial charge in [0.25, 0.3) is 0 Å². The zero-order valence-corrected chi connectivity index (χ0v) is 22.3. The van der Waals surface area contributed by atoms with Gasteiger partial charge in [0, 0.05) is 13.0 Å². The van der Waals surface area contributed by atoms with Crippen LogP contribution in [0, 0.1) is 46.3 Å². The van der Waals surface area contributed by atoms with Crippen molar-refractivity contribution in [2.75, 3.05) is 13.2 Å². The summed E-state index contributed by atoms with van der Waals surface area (Å²) in [5.41, 5.74) is 0.407. The summed E-state index contributed by atoms with van der Waals surface area (Å²) in [5, 5.41) is 24.3. The summed E-state index contributed by atoms with van der Waals surface area (Å²) in [6, 6.07) is 0. The normalized spacial score (nSPS) is 44.1. The lowest BCUT2D eigenvalue weighted by molar-refractivity contribution is -0.174. The lowest BCUT2D eigenvalue weighted by Gasteiger charge is -2.62. The molecule has 0 aromatic rings. The standard InChI is InChI=1S/C26H45NO7S/c1-16(4-7-23(30)27-12-13-34-35(31,32)33)19-5-6-20-24-21(9-11-26(19,20)3)25(2)10-8-18(28)14-17(25)15-22(24)29/h16-22,24,28-29H,4-15H2,1-3H3,(H,27,30)(H,31,32,33)/t16-,17-,18+,19+,20-,21-,22-,24-,25+,26+/m1/s1. The lowest BCUT2D eigenvalue weighted by Crippen LogP contribution is -2.58. The number of aliphatic hydroxyl groups excluding tert-OH is 2. The van der Waals surface area contributed by atoms with Gasteiger partial charge in [0.15, 0.2) is 0 Å². The largest absolute Gasteiger partial charge is 0.397 e. The first-order chi connectivity index (χ1) is 16.3. The van der Waals surface area contributed by atoms with Gasteiger partial charge in [0.2, 0.25) is 5.91 Å². The Morgan fingerprint density at radius 1 is 1.06 bits per heavy atom. The summed E-state index contributed by atoms with van der Waals surface area (Å²) in [5.74, 6) is 2.58. The van der Waals surface area contributed by atoms with Gasteiger partial charge in [-0.1, -0.05) is 20.8 Å². The van der Waals surface area contributed by atoms with Crippen LogP contribution in [0.25, 0.3) is 0 Å². The van der Waals surface area contributed by atoms with Crippen molar-refractivity contribution in [3.05, 3.63) is 0 Å². The molecule has 0 aliphatic heterocycles. The van der Waals surface area contributed by atoms with Gasteiger partial charge in [-0.15, -0.1) is 0 Å². The molecule has 202 valence electrons. The lowest BCUT2D eigenvalue weighted by atomic mass is 9.43. The molecule has 0 heterocycles. The van der Waals surface area contributed by atoms with Gasteiger partial charge in [-0.05, 0) is 104 Å². The van der Waals surface area contributed by atoms with E-state index < -0.39 is 10.4 Å². The summed E-state index contributed by atoms with van der Waals surface area (Å²) in [6.07, 6.45) is 8.87. The number of nitrogens with one attached hydrogen (secondary N) is 1. The molecule has 0 spiro atoms. The fourth-order valence-corrected chi connectivity index (χ4v) is 9.46. The van der Waals surface area contributed by atoms with Gasteiger partial charge in [-0.25, -0.2) is 4.18 Å². The van der Waals surface area contributed by atoms with Crippen LogP contribution in [0.3, 0.4) is 0 Å². The summed E-state index contributed by atoms with van der Waals surface area (Å²) < 4.78 is 34.0. The van der Waals surface area contributed by atoms with Gasteiger partial charge in [-0.2, -0.15) is 8.42 Å². The smallest absolute Gasteiger partial charge is 0.393 e. The monoisotopic (exact) mass is 515 g/mol. The van der Waals surface area contributed by atoms with Crippen molar-refractivity contribution in [3.63, 3.8) is 0 Å². The van der Waals surface area contributed by atoms with Gasteiger partial charge in [0.05, 0.1) is 18.8 Å². The molecule has 9 heteroatoms. The number of amides is 1. The van der Waals surface area contributed by atoms with Crippen LogP contribution in [-0.4, -0.2) is 54.5 Å². The minimum atomic E-state index is -4.48. The zero-order chi connectivity index (χ0) is 25.6. The second-order valence-electron chi connectivity index (χ2n) is 12.6. The second kappa shape index (κ2) is 10.2. The number of hydrogen-bond acceptors (Lipinski definition) is 6. The predicted molar refractivity (Wildman–Crippen MR) is 132 cm³/mol. The van der Waals surface area contributed by atoms with Crippen molar-refractivity contribution in [1.82, 2.24) is 5.32 Å². The minimum Gasteiger partial charge on any atom is -0.393 e. The first kappa shape index (κ1) is 27.3. The molecule has 4 fully saturated rings. The number of carbonyl (C=O) groups is 1. The Labute approximate surface area is 210 Å². The summed E-state index contributed by atoms with van der Waals surface area (Å²) in [6.45, 7) is 6.86. The van der Waals surface area contributed by atoms with Crippen LogP contribution in [0.5, 0.6) is 0 Å². The second-order valence-corrected chi connectivity index (χ2v) is 13.7. The minimum absolute atomic E-state index is 0.0357. The van der Waals surface area contributed by atoms with Gasteiger partial charge in [0.1, 0.15) is 0 Å². The van der Waals surface area contributed by atoms with E-state index in [2.05, 4.69) is 30.3 Å². The number of fused-ring (bicyclic) bond motifs is 5. The molecule has 1 amide bonds. The van der Waals surface area contributed by atoms with Crippen molar-refractivity contribution in [2.24, 2.45) is 46.3 Å². The molecule has 0 bridgehead atoms. The summed E-state index contributed by atoms with van der Waals surface area (Å²) in [7, 11) is -4.48. The molecule has 4 saturated carbocycles. The van der Waals surface area contributed by atoms with Gasteiger partial charge >= 0.3 is 10.4 Å². The maximum absolute atomic E-state index is 12.2. The van der Waals surface area contributed by atoms with E-state index in [1.54, 1.807) is 0 Å². The van der Waals surface area contributed by atoms with Crippen molar-refractivity contribution in [1.29, 1.82) is 0 Å². The highest BCUT2D eigenvalue weighted by Crippen LogP contribution is 2.68. The van der Waals surface area contributed by atoms with Crippen molar-refractivity contribution >= 4 is 16.3 Å². The average molecular weight is 516 g/mol. The molecule has 35 heavy (non-hydrogen) atoms. The molecule has 8 nitrogen and oxygen atoms in total. The van der Waals surface area contributed by atoms with E-state index in [4.69, 9.17) is 4.55 Å². The third-order valence-electron chi connectivity index (χ3n) is 10.9. The Morgan fingerprint density at radius 2 is 1.74 bits per heavy atom. The molecular formula is C26H45NO7S. The molecule has 0 aromatic carbocycles. The van der Waals surface area contributed by atoms with E-state index in [1.165, 1.54) is 6.42 Å². The maximum atomic E-state index is 12.2. The predicted octanol–water partition coefficient (Wildman–Crippen LogP) is 3.33. The fourth-order valence-electron chi connectivity index (χ4n) is 9.16. The number of hydrogen-bond donors (Lipinski definition) is 4. The van der Waals surface area contributed by atoms with E-state index >= 15 is 0 Å². The third-order valence-corrected chi connectivity index (χ3v) is 11.4. The van der Waals surface area contributed by atoms with E-state index in [1.807, 2.05) is 0 Å². The quantitative estimate of drug-likeness (QED) is 0.288. The molecule has 4 N–H and O–H groups in total. The zero-order valence-electron chi connectivity index (χ0n) is 21.5. The average Bonchev–Trinajstić information content (AvgIpc) is 3.13. The Kier molecular flexibility index (Phi) is 7.95. The van der Waals surface area contributed by atoms with E-state index in [0.29, 0.717) is 41.9 Å². The molecule has 0 radical (unpaired) electrons. The number of rotatable bonds is 8. The molecule has 4 aliphatic carbocycles. The molecular weight excluding hydrogens is 470 g/mol. The van der Waals surface area contributed by atoms with Crippen molar-refractivity contribution in [3.8, 4) is 0 Å². The van der Waals surface area contributed by atoms with Crippen LogP contribution < -0.4 is 5.32 Å². The first-order valence-corrected chi connectivity index (χ1v) is 15.0. The highest BCUT2D eigenvalue weighted by atomic mass is 32.3. The van der Waals surface area contributed by atoms with Crippen LogP contribution >= 0.6 is 0 Å². The Morgan fingerprint density at radius 3 is 2.46 bits per heavy atom. The highest BCUT2D eigenvalue weighted by molar-refractivity contribution is 7.80. The summed E-state index contributed by atoms with van der Waals surface area (Å²) in [4.78, 5) is 12.2. The molecule has 0 saturated heterocycles. The first-order valence-electron chi connectivity index (χ1n) is 13.6. The highest BCUT2D eigenvalue weighted by Gasteiger charge is 2.62. The topological polar surface area (TPSA) is 133 Å². The molecule has 0 aromatic heterocycles. The van der Waals surface area contributed by atoms with Crippen LogP contribution in [0.4, 0.5) is 0 Å². The van der Waals surface area contributed by atoms with Gasteiger partial charge < -0.3 is 15.5 Å². The van der Waals surface area contributed by atoms with E-state index in [-0.39, 0.29) is 42.1 Å². The van der Waals surface area contributed by atoms with Crippen LogP contribution in [0.1, 0.15) is 85.0 Å². The summed E-state index contributed by atoms with van der Waals surface area (Å²) >= 11 is 0. The number of carbonyl (C=O) groups excluding carboxylic acids is 1. The van der Waals surface area contributed by atoms with Crippen LogP contribution in [0.15, 0.2) is 0 Å². The number of aliphatic hydroxyl groups is 2. The Hall–Kier alpha value is -0.740. The fraction of sp³-hybridized carbons (Fsp3) is 0.962. The molecule has 10 atom stereocenters. The Bertz CT molecular complexity index is 881. The Balaban J connectivity index is 1.35. The van der Waals surface area contributed by atoms with Crippen molar-refractivity contribution in [2.45, 2.75) is 97.2 Å². The maximum Gasteiger partial charge on any atom is 0.397 e.